The van der Waals surface area contributed by atoms with E-state index in [-0.39, 0.29) is 11.7 Å². The Bertz CT molecular complexity index is 987. The first-order chi connectivity index (χ1) is 13.8. The van der Waals surface area contributed by atoms with Gasteiger partial charge in [-0.15, -0.1) is 0 Å². The summed E-state index contributed by atoms with van der Waals surface area (Å²) in [5.41, 5.74) is 11.5. The third kappa shape index (κ3) is 4.24. The Kier molecular flexibility index (Phi) is 7.29. The van der Waals surface area contributed by atoms with E-state index in [2.05, 4.69) is 68.9 Å². The maximum absolute atomic E-state index is 12.2. The fraction of sp³-hybridized carbons (Fsp3) is 0.423. The van der Waals surface area contributed by atoms with Gasteiger partial charge in [0.1, 0.15) is 0 Å². The Morgan fingerprint density at radius 2 is 1.38 bits per heavy atom. The van der Waals surface area contributed by atoms with Gasteiger partial charge in [0.25, 0.3) is 0 Å². The summed E-state index contributed by atoms with van der Waals surface area (Å²) in [5, 5.41) is 0. The number of benzene rings is 1. The van der Waals surface area contributed by atoms with Crippen LogP contribution < -0.4 is 0 Å². The average molecular weight is 393 g/mol. The molecule has 3 rings (SSSR count). The Balaban J connectivity index is 0.00000145. The number of hydrogen-bond acceptors (Lipinski definition) is 1. The molecule has 156 valence electrons. The molecular formula is C26H36N2O. The maximum atomic E-state index is 12.2. The number of ketones is 1. The highest BCUT2D eigenvalue weighted by Gasteiger charge is 2.28. The van der Waals surface area contributed by atoms with Gasteiger partial charge in [0.2, 0.25) is 0 Å². The van der Waals surface area contributed by atoms with E-state index in [9.17, 15) is 4.79 Å². The summed E-state index contributed by atoms with van der Waals surface area (Å²) in [6.45, 7) is 18.4. The first-order valence-corrected chi connectivity index (χ1v) is 10.7. The molecule has 0 saturated carbocycles. The maximum Gasteiger partial charge on any atom is 0.161 e. The first kappa shape index (κ1) is 22.7. The van der Waals surface area contributed by atoms with Crippen molar-refractivity contribution in [3.8, 4) is 0 Å². The van der Waals surface area contributed by atoms with Gasteiger partial charge in [0.05, 0.1) is 5.92 Å². The number of aromatic amines is 2. The van der Waals surface area contributed by atoms with E-state index in [1.807, 2.05) is 20.8 Å². The lowest BCUT2D eigenvalue weighted by molar-refractivity contribution is 0.101. The number of Topliss-reactive ketones (excluding diaryl/α,β-unsaturated/α-hetero) is 1. The zero-order valence-electron chi connectivity index (χ0n) is 19.5. The molecule has 3 aromatic rings. The van der Waals surface area contributed by atoms with E-state index >= 15 is 0 Å². The lowest BCUT2D eigenvalue weighted by atomic mass is 9.87. The van der Waals surface area contributed by atoms with Gasteiger partial charge in [-0.2, -0.15) is 0 Å². The van der Waals surface area contributed by atoms with Gasteiger partial charge in [-0.3, -0.25) is 4.79 Å². The van der Waals surface area contributed by atoms with Crippen LogP contribution in [0.4, 0.5) is 0 Å². The van der Waals surface area contributed by atoms with E-state index in [0.29, 0.717) is 0 Å². The first-order valence-electron chi connectivity index (χ1n) is 10.7. The quantitative estimate of drug-likeness (QED) is 0.458. The monoisotopic (exact) mass is 392 g/mol. The van der Waals surface area contributed by atoms with Crippen LogP contribution >= 0.6 is 0 Å². The normalized spacial score (nSPS) is 11.8. The molecule has 0 spiro atoms. The largest absolute Gasteiger partial charge is 0.361 e. The van der Waals surface area contributed by atoms with Crippen LogP contribution in [0.2, 0.25) is 0 Å². The number of H-pyrrole nitrogens is 2. The Labute approximate surface area is 176 Å². The topological polar surface area (TPSA) is 48.6 Å². The molecule has 2 N–H and O–H groups in total. The molecule has 1 unspecified atom stereocenters. The van der Waals surface area contributed by atoms with E-state index < -0.39 is 0 Å². The smallest absolute Gasteiger partial charge is 0.161 e. The number of carbonyl (C=O) groups is 1. The number of aromatic nitrogens is 2. The van der Waals surface area contributed by atoms with E-state index in [1.54, 1.807) is 6.92 Å². The second-order valence-electron chi connectivity index (χ2n) is 7.68. The van der Waals surface area contributed by atoms with Crippen molar-refractivity contribution in [2.75, 3.05) is 0 Å². The van der Waals surface area contributed by atoms with E-state index in [4.69, 9.17) is 0 Å². The lowest BCUT2D eigenvalue weighted by Gasteiger charge is -2.19. The van der Waals surface area contributed by atoms with Gasteiger partial charge >= 0.3 is 0 Å². The van der Waals surface area contributed by atoms with Gasteiger partial charge in [-0.1, -0.05) is 50.6 Å². The second-order valence-corrected chi connectivity index (χ2v) is 7.68. The highest BCUT2D eigenvalue weighted by atomic mass is 16.1. The summed E-state index contributed by atoms with van der Waals surface area (Å²) in [4.78, 5) is 19.4. The highest BCUT2D eigenvalue weighted by Crippen LogP contribution is 2.38. The minimum absolute atomic E-state index is 0.0522. The van der Waals surface area contributed by atoms with Crippen molar-refractivity contribution in [1.29, 1.82) is 0 Å². The zero-order valence-corrected chi connectivity index (χ0v) is 19.5. The molecule has 2 aromatic heterocycles. The molecule has 1 atom stereocenters. The molecule has 1 aromatic carbocycles. The van der Waals surface area contributed by atoms with Crippen molar-refractivity contribution in [3.63, 3.8) is 0 Å². The minimum atomic E-state index is 0.0522. The minimum Gasteiger partial charge on any atom is -0.361 e. The van der Waals surface area contributed by atoms with Crippen molar-refractivity contribution < 1.29 is 4.79 Å². The van der Waals surface area contributed by atoms with Crippen molar-refractivity contribution >= 4 is 5.78 Å². The summed E-state index contributed by atoms with van der Waals surface area (Å²) < 4.78 is 0. The summed E-state index contributed by atoms with van der Waals surface area (Å²) in [7, 11) is 0. The average Bonchev–Trinajstić information content (AvgIpc) is 3.14. The van der Waals surface area contributed by atoms with Crippen LogP contribution in [0.25, 0.3) is 0 Å². The molecule has 0 saturated heterocycles. The van der Waals surface area contributed by atoms with Gasteiger partial charge in [0, 0.05) is 28.3 Å². The van der Waals surface area contributed by atoms with Crippen LogP contribution in [-0.4, -0.2) is 15.8 Å². The SMILES string of the molecule is CC.CCc1c(C)[nH]c(C(c2ccc(C)cc2)c2[nH]c(C)c(C(C)=O)c2C)c1C. The molecule has 3 nitrogen and oxygen atoms in total. The number of aryl methyl sites for hydroxylation is 3. The van der Waals surface area contributed by atoms with Gasteiger partial charge in [0.15, 0.2) is 5.78 Å². The summed E-state index contributed by atoms with van der Waals surface area (Å²) >= 11 is 0. The molecule has 0 bridgehead atoms. The third-order valence-electron chi connectivity index (χ3n) is 5.80. The van der Waals surface area contributed by atoms with E-state index in [1.165, 1.54) is 33.6 Å². The Hall–Kier alpha value is -2.55. The van der Waals surface area contributed by atoms with Gasteiger partial charge in [-0.05, 0) is 70.2 Å². The van der Waals surface area contributed by atoms with Crippen LogP contribution in [0.5, 0.6) is 0 Å². The van der Waals surface area contributed by atoms with Crippen molar-refractivity contribution in [2.24, 2.45) is 0 Å². The number of rotatable bonds is 5. The van der Waals surface area contributed by atoms with Gasteiger partial charge < -0.3 is 9.97 Å². The summed E-state index contributed by atoms with van der Waals surface area (Å²) in [6, 6.07) is 8.71. The third-order valence-corrected chi connectivity index (χ3v) is 5.80. The molecule has 0 radical (unpaired) electrons. The molecular weight excluding hydrogens is 356 g/mol. The zero-order chi connectivity index (χ0) is 21.9. The second kappa shape index (κ2) is 9.30. The van der Waals surface area contributed by atoms with Gasteiger partial charge in [-0.25, -0.2) is 0 Å². The summed E-state index contributed by atoms with van der Waals surface area (Å²) in [6.07, 6.45) is 1.01. The van der Waals surface area contributed by atoms with Crippen LogP contribution in [0.3, 0.4) is 0 Å². The van der Waals surface area contributed by atoms with Crippen molar-refractivity contribution in [3.05, 3.63) is 80.4 Å². The lowest BCUT2D eigenvalue weighted by Crippen LogP contribution is -2.08. The number of carbonyl (C=O) groups excluding carboxylic acids is 1. The predicted molar refractivity (Wildman–Crippen MR) is 123 cm³/mol. The molecule has 0 aliphatic heterocycles. The molecule has 0 aliphatic rings. The molecule has 0 fully saturated rings. The van der Waals surface area contributed by atoms with Crippen molar-refractivity contribution in [2.45, 2.75) is 74.7 Å². The summed E-state index contributed by atoms with van der Waals surface area (Å²) in [5.74, 6) is 0.167. The Morgan fingerprint density at radius 1 is 0.862 bits per heavy atom. The van der Waals surface area contributed by atoms with E-state index in [0.717, 1.165) is 28.9 Å². The molecule has 0 aliphatic carbocycles. The van der Waals surface area contributed by atoms with Crippen molar-refractivity contribution in [1.82, 2.24) is 9.97 Å². The fourth-order valence-electron chi connectivity index (χ4n) is 4.46. The molecule has 29 heavy (non-hydrogen) atoms. The fourth-order valence-corrected chi connectivity index (χ4v) is 4.46. The predicted octanol–water partition coefficient (Wildman–Crippen LogP) is 6.86. The van der Waals surface area contributed by atoms with Crippen LogP contribution in [0.1, 0.15) is 94.6 Å². The van der Waals surface area contributed by atoms with Crippen LogP contribution in [-0.2, 0) is 6.42 Å². The van der Waals surface area contributed by atoms with Crippen LogP contribution in [0, 0.1) is 34.6 Å². The molecule has 0 amide bonds. The number of hydrogen-bond donors (Lipinski definition) is 2. The number of nitrogens with one attached hydrogen (secondary N) is 2. The van der Waals surface area contributed by atoms with Crippen LogP contribution in [0.15, 0.2) is 24.3 Å². The highest BCUT2D eigenvalue weighted by molar-refractivity contribution is 5.97. The Morgan fingerprint density at radius 3 is 1.83 bits per heavy atom. The molecule has 3 heteroatoms. The molecule has 2 heterocycles. The standard InChI is InChI=1S/C24H30N2O.C2H6/c1-8-20-14(3)23(25-16(20)5)22(19-11-9-13(2)10-12-19)24-15(4)21(18(7)27)17(6)26-24;1-2/h9-12,22,25-26H,8H2,1-7H3;1-2H3.